The molecular weight excluding hydrogens is 190 g/mol. The number of aliphatic hydroxyl groups excluding tert-OH is 1. The first-order chi connectivity index (χ1) is 7.24. The lowest BCUT2D eigenvalue weighted by molar-refractivity contribution is 0.138. The molecule has 1 saturated carbocycles. The van der Waals surface area contributed by atoms with Crippen LogP contribution >= 0.6 is 0 Å². The van der Waals surface area contributed by atoms with Crippen molar-refractivity contribution in [3.63, 3.8) is 0 Å². The van der Waals surface area contributed by atoms with Crippen LogP contribution in [0.2, 0.25) is 0 Å². The van der Waals surface area contributed by atoms with E-state index in [0.29, 0.717) is 5.95 Å². The molecular formula is C11H17N3O. The Labute approximate surface area is 89.8 Å². The highest BCUT2D eigenvalue weighted by molar-refractivity contribution is 5.26. The van der Waals surface area contributed by atoms with Crippen LogP contribution in [0.15, 0.2) is 18.5 Å². The number of rotatable bonds is 3. The van der Waals surface area contributed by atoms with Crippen molar-refractivity contribution in [1.82, 2.24) is 9.97 Å². The molecule has 1 aliphatic rings. The lowest BCUT2D eigenvalue weighted by Crippen LogP contribution is -2.36. The Morgan fingerprint density at radius 1 is 1.53 bits per heavy atom. The van der Waals surface area contributed by atoms with E-state index in [9.17, 15) is 5.11 Å². The number of aliphatic hydroxyl groups is 1. The molecule has 1 aliphatic carbocycles. The van der Waals surface area contributed by atoms with Gasteiger partial charge in [0.05, 0.1) is 6.61 Å². The summed E-state index contributed by atoms with van der Waals surface area (Å²) < 4.78 is 0. The second-order valence-electron chi connectivity index (χ2n) is 4.47. The molecule has 1 aromatic heterocycles. The van der Waals surface area contributed by atoms with Crippen molar-refractivity contribution in [3.05, 3.63) is 18.5 Å². The van der Waals surface area contributed by atoms with Crippen LogP contribution in [0, 0.1) is 5.41 Å². The molecule has 82 valence electrons. The van der Waals surface area contributed by atoms with Gasteiger partial charge in [0.25, 0.3) is 0 Å². The van der Waals surface area contributed by atoms with Gasteiger partial charge in [-0.3, -0.25) is 0 Å². The second-order valence-corrected chi connectivity index (χ2v) is 4.47. The molecule has 0 spiro atoms. The number of nitrogens with one attached hydrogen (secondary N) is 1. The lowest BCUT2D eigenvalue weighted by atomic mass is 9.86. The molecule has 0 saturated heterocycles. The number of nitrogens with zero attached hydrogens (tertiary/aromatic N) is 2. The highest BCUT2D eigenvalue weighted by Gasteiger charge is 2.38. The minimum Gasteiger partial charge on any atom is -0.396 e. The van der Waals surface area contributed by atoms with Crippen LogP contribution in [-0.2, 0) is 0 Å². The van der Waals surface area contributed by atoms with Gasteiger partial charge in [0, 0.05) is 23.9 Å². The monoisotopic (exact) mass is 207 g/mol. The van der Waals surface area contributed by atoms with Crippen molar-refractivity contribution < 1.29 is 5.11 Å². The van der Waals surface area contributed by atoms with Crippen LogP contribution in [0.3, 0.4) is 0 Å². The summed E-state index contributed by atoms with van der Waals surface area (Å²) in [6.07, 6.45) is 6.74. The third kappa shape index (κ3) is 2.09. The zero-order valence-corrected chi connectivity index (χ0v) is 8.98. The fourth-order valence-electron chi connectivity index (χ4n) is 2.20. The molecule has 4 nitrogen and oxygen atoms in total. The van der Waals surface area contributed by atoms with Crippen molar-refractivity contribution in [1.29, 1.82) is 0 Å². The summed E-state index contributed by atoms with van der Waals surface area (Å²) in [7, 11) is 0. The predicted molar refractivity (Wildman–Crippen MR) is 58.5 cm³/mol. The van der Waals surface area contributed by atoms with E-state index >= 15 is 0 Å². The standard InChI is InChI=1S/C11H17N3O/c1-11(8-15)5-2-4-9(11)14-10-12-6-3-7-13-10/h3,6-7,9,15H,2,4-5,8H2,1H3,(H,12,13,14). The maximum Gasteiger partial charge on any atom is 0.222 e. The van der Waals surface area contributed by atoms with Gasteiger partial charge in [-0.1, -0.05) is 13.3 Å². The van der Waals surface area contributed by atoms with Gasteiger partial charge in [-0.2, -0.15) is 0 Å². The molecule has 2 N–H and O–H groups in total. The Bertz CT molecular complexity index is 317. The van der Waals surface area contributed by atoms with Gasteiger partial charge in [-0.25, -0.2) is 9.97 Å². The topological polar surface area (TPSA) is 58.0 Å². The second kappa shape index (κ2) is 4.14. The van der Waals surface area contributed by atoms with Gasteiger partial charge in [-0.05, 0) is 18.9 Å². The SMILES string of the molecule is CC1(CO)CCCC1Nc1ncccn1. The van der Waals surface area contributed by atoms with Crippen LogP contribution in [0.1, 0.15) is 26.2 Å². The molecule has 0 aromatic carbocycles. The zero-order valence-electron chi connectivity index (χ0n) is 8.98. The van der Waals surface area contributed by atoms with Gasteiger partial charge in [0.15, 0.2) is 0 Å². The molecule has 0 bridgehead atoms. The zero-order chi connectivity index (χ0) is 10.7. The highest BCUT2D eigenvalue weighted by atomic mass is 16.3. The normalized spacial score (nSPS) is 30.4. The smallest absolute Gasteiger partial charge is 0.222 e. The van der Waals surface area contributed by atoms with Crippen LogP contribution < -0.4 is 5.32 Å². The van der Waals surface area contributed by atoms with E-state index in [1.165, 1.54) is 0 Å². The summed E-state index contributed by atoms with van der Waals surface area (Å²) in [5.41, 5.74) is -0.0286. The summed E-state index contributed by atoms with van der Waals surface area (Å²) in [5.74, 6) is 0.657. The molecule has 1 aromatic rings. The Morgan fingerprint density at radius 2 is 2.27 bits per heavy atom. The molecule has 2 unspecified atom stereocenters. The lowest BCUT2D eigenvalue weighted by Gasteiger charge is -2.29. The number of hydrogen-bond acceptors (Lipinski definition) is 4. The van der Waals surface area contributed by atoms with E-state index in [2.05, 4.69) is 22.2 Å². The van der Waals surface area contributed by atoms with Gasteiger partial charge in [0.2, 0.25) is 5.95 Å². The van der Waals surface area contributed by atoms with E-state index in [1.807, 2.05) is 0 Å². The Kier molecular flexibility index (Phi) is 2.86. The first kappa shape index (κ1) is 10.4. The Morgan fingerprint density at radius 3 is 2.93 bits per heavy atom. The maximum absolute atomic E-state index is 9.39. The van der Waals surface area contributed by atoms with Crippen molar-refractivity contribution in [2.45, 2.75) is 32.2 Å². The van der Waals surface area contributed by atoms with Gasteiger partial charge in [0.1, 0.15) is 0 Å². The Balaban J connectivity index is 2.06. The van der Waals surface area contributed by atoms with Crippen molar-refractivity contribution >= 4 is 5.95 Å². The quantitative estimate of drug-likeness (QED) is 0.787. The molecule has 4 heteroatoms. The predicted octanol–water partition coefficient (Wildman–Crippen LogP) is 1.44. The first-order valence-corrected chi connectivity index (χ1v) is 5.39. The molecule has 1 fully saturated rings. The third-order valence-corrected chi connectivity index (χ3v) is 3.31. The van der Waals surface area contributed by atoms with Crippen LogP contribution in [0.5, 0.6) is 0 Å². The van der Waals surface area contributed by atoms with Crippen molar-refractivity contribution in [2.24, 2.45) is 5.41 Å². The Hall–Kier alpha value is -1.16. The van der Waals surface area contributed by atoms with E-state index in [0.717, 1.165) is 19.3 Å². The minimum absolute atomic E-state index is 0.0286. The average Bonchev–Trinajstić information content (AvgIpc) is 2.63. The molecule has 0 radical (unpaired) electrons. The molecule has 0 amide bonds. The highest BCUT2D eigenvalue weighted by Crippen LogP contribution is 2.38. The fraction of sp³-hybridized carbons (Fsp3) is 0.636. The summed E-state index contributed by atoms with van der Waals surface area (Å²) in [4.78, 5) is 8.28. The number of aromatic nitrogens is 2. The van der Waals surface area contributed by atoms with E-state index < -0.39 is 0 Å². The van der Waals surface area contributed by atoms with Crippen molar-refractivity contribution in [3.8, 4) is 0 Å². The summed E-state index contributed by atoms with van der Waals surface area (Å²) in [5, 5.41) is 12.7. The molecule has 15 heavy (non-hydrogen) atoms. The van der Waals surface area contributed by atoms with Crippen LogP contribution in [-0.4, -0.2) is 27.7 Å². The molecule has 2 rings (SSSR count). The molecule has 0 aliphatic heterocycles. The van der Waals surface area contributed by atoms with Crippen LogP contribution in [0.25, 0.3) is 0 Å². The molecule has 2 atom stereocenters. The molecule has 1 heterocycles. The van der Waals surface area contributed by atoms with E-state index in [1.54, 1.807) is 18.5 Å². The average molecular weight is 207 g/mol. The fourth-order valence-corrected chi connectivity index (χ4v) is 2.20. The third-order valence-electron chi connectivity index (χ3n) is 3.31. The maximum atomic E-state index is 9.39. The largest absolute Gasteiger partial charge is 0.396 e. The number of anilines is 1. The number of hydrogen-bond donors (Lipinski definition) is 2. The van der Waals surface area contributed by atoms with Gasteiger partial charge in [-0.15, -0.1) is 0 Å². The summed E-state index contributed by atoms with van der Waals surface area (Å²) in [6, 6.07) is 2.08. The minimum atomic E-state index is -0.0286. The van der Waals surface area contributed by atoms with E-state index in [4.69, 9.17) is 0 Å². The van der Waals surface area contributed by atoms with Gasteiger partial charge < -0.3 is 10.4 Å². The van der Waals surface area contributed by atoms with Crippen LogP contribution in [0.4, 0.5) is 5.95 Å². The summed E-state index contributed by atoms with van der Waals surface area (Å²) >= 11 is 0. The van der Waals surface area contributed by atoms with E-state index in [-0.39, 0.29) is 18.1 Å². The summed E-state index contributed by atoms with van der Waals surface area (Å²) in [6.45, 7) is 2.33. The first-order valence-electron chi connectivity index (χ1n) is 5.39. The van der Waals surface area contributed by atoms with Gasteiger partial charge >= 0.3 is 0 Å². The van der Waals surface area contributed by atoms with Crippen molar-refractivity contribution in [2.75, 3.05) is 11.9 Å².